The van der Waals surface area contributed by atoms with E-state index < -0.39 is 13.9 Å². The Morgan fingerprint density at radius 2 is 1.76 bits per heavy atom. The zero-order valence-electron chi connectivity index (χ0n) is 29.2. The molecule has 3 fully saturated rings. The van der Waals surface area contributed by atoms with Crippen LogP contribution in [0.15, 0.2) is 60.9 Å². The second-order valence-electron chi connectivity index (χ2n) is 13.9. The smallest absolute Gasteiger partial charge is 0.249 e. The number of anilines is 3. The largest absolute Gasteiger partial charge is 0.780 e. The Hall–Kier alpha value is -5.35. The average molecular weight is 756 g/mol. The Bertz CT molecular complexity index is 2150. The summed E-state index contributed by atoms with van der Waals surface area (Å²) < 4.78 is 23.6. The lowest BCUT2D eigenvalue weighted by atomic mass is 9.80. The van der Waals surface area contributed by atoms with Crippen LogP contribution in [-0.2, 0) is 18.9 Å². The minimum atomic E-state index is -5.33. The van der Waals surface area contributed by atoms with E-state index in [0.717, 1.165) is 42.7 Å². The van der Waals surface area contributed by atoms with Crippen LogP contribution in [0.25, 0.3) is 16.9 Å². The van der Waals surface area contributed by atoms with Gasteiger partial charge in [0.05, 0.1) is 42.6 Å². The minimum absolute atomic E-state index is 0.0470. The third kappa shape index (κ3) is 7.14. The van der Waals surface area contributed by atoms with Crippen molar-refractivity contribution in [3.05, 3.63) is 66.5 Å². The van der Waals surface area contributed by atoms with E-state index in [4.69, 9.17) is 10.5 Å². The maximum absolute atomic E-state index is 13.5. The summed E-state index contributed by atoms with van der Waals surface area (Å²) in [6, 6.07) is 13.6. The van der Waals surface area contributed by atoms with Crippen molar-refractivity contribution in [2.75, 3.05) is 48.3 Å². The predicted octanol–water partition coefficient (Wildman–Crippen LogP) is 1.50. The molecule has 0 bridgehead atoms. The highest BCUT2D eigenvalue weighted by Crippen LogP contribution is 2.45. The minimum Gasteiger partial charge on any atom is -0.780 e. The molecular formula is C36H38N9O8P-2. The third-order valence-corrected chi connectivity index (χ3v) is 11.1. The van der Waals surface area contributed by atoms with Crippen LogP contribution >= 0.6 is 7.82 Å². The summed E-state index contributed by atoms with van der Waals surface area (Å²) >= 11 is 0. The highest BCUT2D eigenvalue weighted by molar-refractivity contribution is 7.43. The number of amides is 3. The molecule has 5 heterocycles. The number of hydrogen-bond donors (Lipinski definition) is 2. The number of carbonyl (C=O) groups excluding carboxylic acids is 3. The first-order valence-electron chi connectivity index (χ1n) is 17.9. The van der Waals surface area contributed by atoms with E-state index in [1.54, 1.807) is 29.4 Å². The van der Waals surface area contributed by atoms with Gasteiger partial charge in [-0.3, -0.25) is 24.6 Å². The number of nitrogen functional groups attached to an aromatic ring is 1. The molecule has 3 aliphatic heterocycles. The molecule has 1 saturated carbocycles. The number of hydrogen-bond acceptors (Lipinski definition) is 14. The molecule has 3 amide bonds. The number of piperidine rings is 1. The normalized spacial score (nSPS) is 22.4. The average Bonchev–Trinajstić information content (AvgIpc) is 3.64. The molecule has 8 rings (SSSR count). The molecule has 2 aromatic carbocycles. The molecule has 1 atom stereocenters. The predicted molar refractivity (Wildman–Crippen MR) is 192 cm³/mol. The Balaban J connectivity index is 0.907. The van der Waals surface area contributed by atoms with Crippen LogP contribution in [0.4, 0.5) is 17.2 Å². The lowest BCUT2D eigenvalue weighted by Gasteiger charge is -2.42. The first-order chi connectivity index (χ1) is 26.0. The van der Waals surface area contributed by atoms with Crippen molar-refractivity contribution in [2.24, 2.45) is 0 Å². The number of rotatable bonds is 8. The summed E-state index contributed by atoms with van der Waals surface area (Å²) in [6.45, 7) is 2.50. The van der Waals surface area contributed by atoms with Gasteiger partial charge in [0, 0.05) is 31.1 Å². The number of benzene rings is 2. The highest BCUT2D eigenvalue weighted by Gasteiger charge is 2.37. The van der Waals surface area contributed by atoms with Crippen LogP contribution in [0.3, 0.4) is 0 Å². The summed E-state index contributed by atoms with van der Waals surface area (Å²) in [6.07, 6.45) is 7.80. The van der Waals surface area contributed by atoms with Gasteiger partial charge in [0.1, 0.15) is 37.7 Å². The summed E-state index contributed by atoms with van der Waals surface area (Å²) in [5.74, 6) is 0.438. The summed E-state index contributed by atoms with van der Waals surface area (Å²) in [7, 11) is -5.33. The highest BCUT2D eigenvalue weighted by atomic mass is 31.2. The van der Waals surface area contributed by atoms with Crippen molar-refractivity contribution in [3.63, 3.8) is 0 Å². The van der Waals surface area contributed by atoms with E-state index >= 15 is 0 Å². The fourth-order valence-electron chi connectivity index (χ4n) is 8.11. The SMILES string of the molecule is Nc1nnc(-c2ccccc2OP(=O)([O-])[O-])cc1-n1cc(N2CCN(C3CCC(c4cccc5c4OCCN5[C@H]4CCC(=O)NC4=O)CC3)CC2=O)cn1. The topological polar surface area (TPSA) is 224 Å². The number of aromatic nitrogens is 4. The fraction of sp³-hybridized carbons (Fsp3) is 0.389. The molecule has 2 aromatic heterocycles. The molecule has 4 aromatic rings. The Kier molecular flexibility index (Phi) is 9.56. The molecule has 0 radical (unpaired) electrons. The lowest BCUT2D eigenvalue weighted by Crippen LogP contribution is -2.54. The molecule has 2 saturated heterocycles. The molecule has 0 unspecified atom stereocenters. The summed E-state index contributed by atoms with van der Waals surface area (Å²) in [4.78, 5) is 66.7. The zero-order valence-corrected chi connectivity index (χ0v) is 30.1. The van der Waals surface area contributed by atoms with Crippen LogP contribution in [0.1, 0.15) is 50.0 Å². The van der Waals surface area contributed by atoms with Crippen LogP contribution in [0, 0.1) is 0 Å². The number of fused-ring (bicyclic) bond motifs is 1. The van der Waals surface area contributed by atoms with Crippen molar-refractivity contribution >= 4 is 42.7 Å². The van der Waals surface area contributed by atoms with Gasteiger partial charge in [0.15, 0.2) is 5.82 Å². The number of phosphoric acid groups is 1. The van der Waals surface area contributed by atoms with Crippen molar-refractivity contribution in [1.29, 1.82) is 0 Å². The first-order valence-corrected chi connectivity index (χ1v) is 19.4. The fourth-order valence-corrected chi connectivity index (χ4v) is 8.51. The molecule has 282 valence electrons. The molecule has 18 heteroatoms. The number of piperazine rings is 1. The second-order valence-corrected chi connectivity index (χ2v) is 15.0. The quantitative estimate of drug-likeness (QED) is 0.192. The van der Waals surface area contributed by atoms with Crippen molar-refractivity contribution in [1.82, 2.24) is 30.2 Å². The standard InChI is InChI=1S/C36H40N9O8P/c37-35-30(18-27(40-41-35)26-4-1-2-7-31(26)53-54(49,50)51)45-20-24(19-38-45)43-15-14-42(21-33(43)47)23-10-8-22(9-11-23)25-5-3-6-28-34(25)52-17-16-44(28)29-12-13-32(46)39-36(29)48/h1-7,18-20,22-23,29H,8-17,21H2,(H2,37,41)(H,39,46,48)(H2,49,50,51)/p-2/t22?,23?,29-/m0/s1. The van der Waals surface area contributed by atoms with Gasteiger partial charge in [-0.1, -0.05) is 24.3 Å². The number of ether oxygens (including phenoxy) is 1. The van der Waals surface area contributed by atoms with Crippen LogP contribution in [-0.4, -0.2) is 87.5 Å². The van der Waals surface area contributed by atoms with Crippen molar-refractivity contribution in [3.8, 4) is 28.4 Å². The Labute approximate surface area is 310 Å². The maximum atomic E-state index is 13.5. The summed E-state index contributed by atoms with van der Waals surface area (Å²) in [5.41, 5.74) is 9.54. The number of imide groups is 1. The molecule has 0 spiro atoms. The number of nitrogens with one attached hydrogen (secondary N) is 1. The van der Waals surface area contributed by atoms with Crippen LogP contribution < -0.4 is 39.9 Å². The number of phosphoric ester groups is 1. The monoisotopic (exact) mass is 755 g/mol. The summed E-state index contributed by atoms with van der Waals surface area (Å²) in [5, 5.41) is 15.0. The number of nitrogens with zero attached hydrogens (tertiary/aromatic N) is 7. The Morgan fingerprint density at radius 3 is 2.54 bits per heavy atom. The van der Waals surface area contributed by atoms with E-state index in [1.165, 1.54) is 22.9 Å². The zero-order chi connectivity index (χ0) is 37.6. The van der Waals surface area contributed by atoms with Gasteiger partial charge in [-0.15, -0.1) is 10.2 Å². The van der Waals surface area contributed by atoms with Crippen molar-refractivity contribution in [2.45, 2.75) is 56.5 Å². The van der Waals surface area contributed by atoms with Crippen LogP contribution in [0.5, 0.6) is 11.5 Å². The molecular weight excluding hydrogens is 717 g/mol. The van der Waals surface area contributed by atoms with Gasteiger partial charge in [0.25, 0.3) is 0 Å². The molecule has 1 aliphatic carbocycles. The van der Waals surface area contributed by atoms with Gasteiger partial charge in [-0.25, -0.2) is 4.68 Å². The van der Waals surface area contributed by atoms with Gasteiger partial charge in [0.2, 0.25) is 17.7 Å². The van der Waals surface area contributed by atoms with Gasteiger partial charge in [-0.2, -0.15) is 5.10 Å². The van der Waals surface area contributed by atoms with E-state index in [1.807, 2.05) is 12.1 Å². The van der Waals surface area contributed by atoms with E-state index in [2.05, 4.69) is 41.0 Å². The number of carbonyl (C=O) groups is 3. The van der Waals surface area contributed by atoms with E-state index in [-0.39, 0.29) is 59.1 Å². The second kappa shape index (κ2) is 14.5. The number of nitrogens with two attached hydrogens (primary N) is 1. The number of para-hydroxylation sites is 2. The molecule has 4 aliphatic rings. The lowest BCUT2D eigenvalue weighted by molar-refractivity contribution is -0.333. The van der Waals surface area contributed by atoms with Gasteiger partial charge >= 0.3 is 0 Å². The van der Waals surface area contributed by atoms with E-state index in [9.17, 15) is 28.7 Å². The third-order valence-electron chi connectivity index (χ3n) is 10.7. The molecule has 54 heavy (non-hydrogen) atoms. The molecule has 3 N–H and O–H groups in total. The first kappa shape index (κ1) is 35.7. The van der Waals surface area contributed by atoms with Gasteiger partial charge < -0.3 is 39.1 Å². The van der Waals surface area contributed by atoms with Gasteiger partial charge in [-0.05, 0) is 67.9 Å². The van der Waals surface area contributed by atoms with Crippen molar-refractivity contribution < 1.29 is 38.0 Å². The Morgan fingerprint density at radius 1 is 0.944 bits per heavy atom. The molecule has 17 nitrogen and oxygen atoms in total. The van der Waals surface area contributed by atoms with E-state index in [0.29, 0.717) is 50.5 Å². The van der Waals surface area contributed by atoms with Crippen LogP contribution in [0.2, 0.25) is 0 Å². The maximum Gasteiger partial charge on any atom is 0.249 e.